The van der Waals surface area contributed by atoms with E-state index in [-0.39, 0.29) is 17.2 Å². The minimum absolute atomic E-state index is 0.00763. The second-order valence-electron chi connectivity index (χ2n) is 5.72. The van der Waals surface area contributed by atoms with Crippen LogP contribution >= 0.6 is 11.3 Å². The quantitative estimate of drug-likeness (QED) is 0.904. The summed E-state index contributed by atoms with van der Waals surface area (Å²) in [7, 11) is 0. The fourth-order valence-corrected chi connectivity index (χ4v) is 3.98. The highest BCUT2D eigenvalue weighted by molar-refractivity contribution is 7.08. The normalized spacial score (nSPS) is 24.5. The molecule has 1 spiro atoms. The zero-order valence-electron chi connectivity index (χ0n) is 10.9. The number of aryl methyl sites for hydroxylation is 1. The second-order valence-corrected chi connectivity index (χ2v) is 6.46. The van der Waals surface area contributed by atoms with Crippen molar-refractivity contribution in [3.63, 3.8) is 0 Å². The summed E-state index contributed by atoms with van der Waals surface area (Å²) in [5.41, 5.74) is 1.82. The van der Waals surface area contributed by atoms with Gasteiger partial charge in [0.2, 0.25) is 0 Å². The van der Waals surface area contributed by atoms with Crippen molar-refractivity contribution < 1.29 is 14.7 Å². The summed E-state index contributed by atoms with van der Waals surface area (Å²) in [6.07, 6.45) is 2.46. The molecule has 1 N–H and O–H groups in total. The summed E-state index contributed by atoms with van der Waals surface area (Å²) in [5, 5.41) is 12.9. The molecule has 1 aromatic heterocycles. The molecule has 1 saturated heterocycles. The first kappa shape index (κ1) is 12.7. The smallest absolute Gasteiger partial charge is 0.307 e. The molecule has 0 aromatic carbocycles. The molecular formula is C14H17NO3S. The Labute approximate surface area is 116 Å². The Morgan fingerprint density at radius 1 is 1.37 bits per heavy atom. The van der Waals surface area contributed by atoms with Crippen molar-refractivity contribution in [2.45, 2.75) is 26.2 Å². The molecule has 2 aliphatic rings. The summed E-state index contributed by atoms with van der Waals surface area (Å²) in [4.78, 5) is 25.2. The predicted molar refractivity (Wildman–Crippen MR) is 72.4 cm³/mol. The van der Waals surface area contributed by atoms with Gasteiger partial charge in [0.15, 0.2) is 0 Å². The van der Waals surface area contributed by atoms with Crippen molar-refractivity contribution in [2.24, 2.45) is 11.3 Å². The molecule has 1 aliphatic heterocycles. The van der Waals surface area contributed by atoms with Crippen LogP contribution in [0.3, 0.4) is 0 Å². The fraction of sp³-hybridized carbons (Fsp3) is 0.571. The molecule has 0 bridgehead atoms. The lowest BCUT2D eigenvalue weighted by Gasteiger charge is -2.32. The minimum atomic E-state index is -0.673. The predicted octanol–water partition coefficient (Wildman–Crippen LogP) is 2.38. The average Bonchev–Trinajstić information content (AvgIpc) is 2.92. The Morgan fingerprint density at radius 2 is 2.05 bits per heavy atom. The van der Waals surface area contributed by atoms with E-state index in [1.54, 1.807) is 11.3 Å². The van der Waals surface area contributed by atoms with Gasteiger partial charge in [-0.15, -0.1) is 0 Å². The van der Waals surface area contributed by atoms with Gasteiger partial charge in [-0.05, 0) is 42.5 Å². The average molecular weight is 279 g/mol. The van der Waals surface area contributed by atoms with Crippen LogP contribution in [0.15, 0.2) is 10.8 Å². The first-order valence-electron chi connectivity index (χ1n) is 6.58. The van der Waals surface area contributed by atoms with E-state index in [0.29, 0.717) is 13.1 Å². The largest absolute Gasteiger partial charge is 0.481 e. The summed E-state index contributed by atoms with van der Waals surface area (Å²) in [6.45, 7) is 3.34. The van der Waals surface area contributed by atoms with Crippen molar-refractivity contribution in [1.29, 1.82) is 0 Å². The SMILES string of the molecule is Cc1cscc1C(=O)N1CCC2(CC1)CC2C(=O)O. The molecule has 1 unspecified atom stereocenters. The first-order chi connectivity index (χ1) is 9.03. The van der Waals surface area contributed by atoms with Crippen molar-refractivity contribution in [2.75, 3.05) is 13.1 Å². The lowest BCUT2D eigenvalue weighted by atomic mass is 9.90. The highest BCUT2D eigenvalue weighted by atomic mass is 32.1. The summed E-state index contributed by atoms with van der Waals surface area (Å²) in [6, 6.07) is 0. The molecule has 5 heteroatoms. The number of amides is 1. The third kappa shape index (κ3) is 2.06. The number of carboxylic acids is 1. The molecule has 1 amide bonds. The molecule has 19 heavy (non-hydrogen) atoms. The molecule has 1 aliphatic carbocycles. The Morgan fingerprint density at radius 3 is 2.53 bits per heavy atom. The van der Waals surface area contributed by atoms with Gasteiger partial charge in [-0.25, -0.2) is 0 Å². The van der Waals surface area contributed by atoms with Gasteiger partial charge in [0, 0.05) is 18.5 Å². The third-order valence-electron chi connectivity index (χ3n) is 4.62. The van der Waals surface area contributed by atoms with E-state index in [9.17, 15) is 9.59 Å². The molecule has 4 nitrogen and oxygen atoms in total. The Bertz CT molecular complexity index is 529. The van der Waals surface area contributed by atoms with E-state index in [2.05, 4.69) is 0 Å². The zero-order valence-corrected chi connectivity index (χ0v) is 11.7. The van der Waals surface area contributed by atoms with E-state index in [0.717, 1.165) is 30.4 Å². The van der Waals surface area contributed by atoms with Gasteiger partial charge in [0.1, 0.15) is 0 Å². The summed E-state index contributed by atoms with van der Waals surface area (Å²) >= 11 is 1.55. The van der Waals surface area contributed by atoms with Gasteiger partial charge < -0.3 is 10.0 Å². The second kappa shape index (κ2) is 4.34. The zero-order chi connectivity index (χ0) is 13.6. The van der Waals surface area contributed by atoms with Crippen LogP contribution in [0.4, 0.5) is 0 Å². The maximum atomic E-state index is 12.3. The molecule has 1 aromatic rings. The van der Waals surface area contributed by atoms with Crippen LogP contribution in [-0.2, 0) is 4.79 Å². The molecule has 2 heterocycles. The molecule has 3 rings (SSSR count). The van der Waals surface area contributed by atoms with E-state index in [1.165, 1.54) is 0 Å². The number of hydrogen-bond donors (Lipinski definition) is 1. The van der Waals surface area contributed by atoms with Gasteiger partial charge in [-0.3, -0.25) is 9.59 Å². The number of thiophene rings is 1. The fourth-order valence-electron chi connectivity index (χ4n) is 3.15. The molecule has 2 fully saturated rings. The minimum Gasteiger partial charge on any atom is -0.481 e. The number of aliphatic carboxylic acids is 1. The molecular weight excluding hydrogens is 262 g/mol. The van der Waals surface area contributed by atoms with Crippen LogP contribution in [0.2, 0.25) is 0 Å². The van der Waals surface area contributed by atoms with Crippen LogP contribution in [0, 0.1) is 18.3 Å². The van der Waals surface area contributed by atoms with Crippen LogP contribution in [0.1, 0.15) is 35.2 Å². The van der Waals surface area contributed by atoms with Crippen LogP contribution in [-0.4, -0.2) is 35.0 Å². The van der Waals surface area contributed by atoms with Gasteiger partial charge >= 0.3 is 5.97 Å². The summed E-state index contributed by atoms with van der Waals surface area (Å²) in [5.74, 6) is -0.748. The van der Waals surface area contributed by atoms with Crippen molar-refractivity contribution >= 4 is 23.2 Å². The molecule has 102 valence electrons. The van der Waals surface area contributed by atoms with E-state index < -0.39 is 5.97 Å². The van der Waals surface area contributed by atoms with Gasteiger partial charge in [-0.2, -0.15) is 11.3 Å². The number of piperidine rings is 1. The number of hydrogen-bond acceptors (Lipinski definition) is 3. The maximum Gasteiger partial charge on any atom is 0.307 e. The van der Waals surface area contributed by atoms with Crippen molar-refractivity contribution in [3.05, 3.63) is 21.9 Å². The van der Waals surface area contributed by atoms with Gasteiger partial charge in [-0.1, -0.05) is 0 Å². The molecule has 1 saturated carbocycles. The number of carbonyl (C=O) groups is 2. The topological polar surface area (TPSA) is 57.6 Å². The number of nitrogens with zero attached hydrogens (tertiary/aromatic N) is 1. The monoisotopic (exact) mass is 279 g/mol. The van der Waals surface area contributed by atoms with Crippen LogP contribution in [0.5, 0.6) is 0 Å². The van der Waals surface area contributed by atoms with Crippen LogP contribution < -0.4 is 0 Å². The van der Waals surface area contributed by atoms with Crippen molar-refractivity contribution in [3.8, 4) is 0 Å². The number of carboxylic acid groups (broad SMARTS) is 1. The Kier molecular flexibility index (Phi) is 2.89. The van der Waals surface area contributed by atoms with E-state index >= 15 is 0 Å². The van der Waals surface area contributed by atoms with Crippen molar-refractivity contribution in [1.82, 2.24) is 4.90 Å². The molecule has 1 atom stereocenters. The number of carbonyl (C=O) groups excluding carboxylic acids is 1. The van der Waals surface area contributed by atoms with E-state index in [4.69, 9.17) is 5.11 Å². The summed E-state index contributed by atoms with van der Waals surface area (Å²) < 4.78 is 0. The molecule has 0 radical (unpaired) electrons. The van der Waals surface area contributed by atoms with Crippen LogP contribution in [0.25, 0.3) is 0 Å². The Balaban J connectivity index is 1.64. The maximum absolute atomic E-state index is 12.3. The van der Waals surface area contributed by atoms with Gasteiger partial charge in [0.25, 0.3) is 5.91 Å². The lowest BCUT2D eigenvalue weighted by molar-refractivity contribution is -0.139. The number of rotatable bonds is 2. The highest BCUT2D eigenvalue weighted by Crippen LogP contribution is 2.59. The number of likely N-dealkylation sites (tertiary alicyclic amines) is 1. The lowest BCUT2D eigenvalue weighted by Crippen LogP contribution is -2.40. The Hall–Kier alpha value is -1.36. The van der Waals surface area contributed by atoms with Gasteiger partial charge in [0.05, 0.1) is 11.5 Å². The van der Waals surface area contributed by atoms with E-state index in [1.807, 2.05) is 22.6 Å². The first-order valence-corrected chi connectivity index (χ1v) is 7.53. The standard InChI is InChI=1S/C14H17NO3S/c1-9-7-19-8-10(9)12(16)15-4-2-14(3-5-15)6-11(14)13(17)18/h7-8,11H,2-6H2,1H3,(H,17,18). The highest BCUT2D eigenvalue weighted by Gasteiger charge is 2.59. The third-order valence-corrected chi connectivity index (χ3v) is 5.48.